The molecule has 1 aromatic heterocycles. The van der Waals surface area contributed by atoms with Crippen molar-refractivity contribution in [2.45, 2.75) is 13.5 Å². The van der Waals surface area contributed by atoms with E-state index in [2.05, 4.69) is 16.9 Å². The number of aromatic amines is 1. The number of carbonyl (C=O) groups is 1. The van der Waals surface area contributed by atoms with Gasteiger partial charge in [0, 0.05) is 28.9 Å². The molecule has 7 nitrogen and oxygen atoms in total. The van der Waals surface area contributed by atoms with E-state index >= 15 is 0 Å². The number of hydrogen-bond acceptors (Lipinski definition) is 6. The Morgan fingerprint density at radius 1 is 1.19 bits per heavy atom. The molecule has 0 saturated carbocycles. The molecule has 146 valence electrons. The molecule has 0 radical (unpaired) electrons. The summed E-state index contributed by atoms with van der Waals surface area (Å²) in [7, 11) is 6.50. The van der Waals surface area contributed by atoms with E-state index in [0.717, 1.165) is 16.8 Å². The normalized spacial score (nSPS) is 10.4. The molecule has 0 spiro atoms. The zero-order chi connectivity index (χ0) is 20.0. The van der Waals surface area contributed by atoms with Crippen molar-refractivity contribution in [1.29, 1.82) is 0 Å². The maximum absolute atomic E-state index is 12.4. The van der Waals surface area contributed by atoms with Crippen LogP contribution in [0.2, 0.25) is 0 Å². The van der Waals surface area contributed by atoms with Crippen molar-refractivity contribution in [3.8, 4) is 28.4 Å². The van der Waals surface area contributed by atoms with Crippen LogP contribution in [0.3, 0.4) is 0 Å². The molecule has 1 heterocycles. The highest BCUT2D eigenvalue weighted by Gasteiger charge is 2.26. The van der Waals surface area contributed by atoms with Crippen molar-refractivity contribution < 1.29 is 23.7 Å². The van der Waals surface area contributed by atoms with Gasteiger partial charge in [0.05, 0.1) is 27.9 Å². The van der Waals surface area contributed by atoms with Gasteiger partial charge in [-0.25, -0.2) is 4.79 Å². The van der Waals surface area contributed by atoms with Gasteiger partial charge in [0.2, 0.25) is 5.75 Å². The van der Waals surface area contributed by atoms with Gasteiger partial charge >= 0.3 is 5.97 Å². The first-order valence-electron chi connectivity index (χ1n) is 8.56. The Kier molecular flexibility index (Phi) is 6.90. The van der Waals surface area contributed by atoms with E-state index in [-0.39, 0.29) is 6.61 Å². The smallest absolute Gasteiger partial charge is 0.355 e. The average molecular weight is 374 g/mol. The number of ether oxygens (including phenoxy) is 4. The molecule has 0 atom stereocenters. The van der Waals surface area contributed by atoms with Crippen LogP contribution in [0.4, 0.5) is 0 Å². The fraction of sp³-hybridized carbons (Fsp3) is 0.350. The SMILES string of the molecule is C=Cc1c(C(=O)OCC)[nH]c(CNC)c1-c1ccc(OC)c(OC)c1OC. The molecule has 2 aromatic rings. The second-order valence-electron chi connectivity index (χ2n) is 5.60. The largest absolute Gasteiger partial charge is 0.493 e. The lowest BCUT2D eigenvalue weighted by molar-refractivity contribution is 0.0520. The van der Waals surface area contributed by atoms with Crippen molar-refractivity contribution in [3.05, 3.63) is 35.7 Å². The summed E-state index contributed by atoms with van der Waals surface area (Å²) in [6.45, 7) is 6.44. The van der Waals surface area contributed by atoms with Crippen LogP contribution in [0.5, 0.6) is 17.2 Å². The summed E-state index contributed by atoms with van der Waals surface area (Å²) in [5.74, 6) is 1.10. The molecule has 0 aliphatic heterocycles. The van der Waals surface area contributed by atoms with Crippen LogP contribution in [0.1, 0.15) is 28.7 Å². The van der Waals surface area contributed by atoms with Gasteiger partial charge in [-0.2, -0.15) is 0 Å². The summed E-state index contributed by atoms with van der Waals surface area (Å²) >= 11 is 0. The van der Waals surface area contributed by atoms with E-state index in [1.807, 2.05) is 13.1 Å². The summed E-state index contributed by atoms with van der Waals surface area (Å²) in [5.41, 5.74) is 3.34. The first-order valence-corrected chi connectivity index (χ1v) is 8.56. The zero-order valence-corrected chi connectivity index (χ0v) is 16.4. The number of hydrogen-bond donors (Lipinski definition) is 2. The third-order valence-corrected chi connectivity index (χ3v) is 4.13. The van der Waals surface area contributed by atoms with Crippen LogP contribution in [-0.4, -0.2) is 45.9 Å². The molecule has 0 aliphatic carbocycles. The highest BCUT2D eigenvalue weighted by molar-refractivity contribution is 5.98. The number of benzene rings is 1. The minimum absolute atomic E-state index is 0.283. The number of methoxy groups -OCH3 is 3. The molecule has 0 amide bonds. The number of rotatable bonds is 9. The van der Waals surface area contributed by atoms with E-state index in [1.165, 1.54) is 0 Å². The van der Waals surface area contributed by atoms with Gasteiger partial charge in [-0.1, -0.05) is 12.7 Å². The van der Waals surface area contributed by atoms with Gasteiger partial charge in [0.1, 0.15) is 5.69 Å². The molecular formula is C20H26N2O5. The first-order chi connectivity index (χ1) is 13.1. The van der Waals surface area contributed by atoms with Crippen molar-refractivity contribution in [1.82, 2.24) is 10.3 Å². The zero-order valence-electron chi connectivity index (χ0n) is 16.4. The van der Waals surface area contributed by atoms with Crippen LogP contribution in [0.25, 0.3) is 17.2 Å². The van der Waals surface area contributed by atoms with Gasteiger partial charge in [-0.3, -0.25) is 0 Å². The summed E-state index contributed by atoms with van der Waals surface area (Å²) in [6, 6.07) is 3.66. The third-order valence-electron chi connectivity index (χ3n) is 4.13. The minimum atomic E-state index is -0.435. The first kappa shape index (κ1) is 20.4. The van der Waals surface area contributed by atoms with E-state index < -0.39 is 5.97 Å². The number of carbonyl (C=O) groups excluding carboxylic acids is 1. The monoisotopic (exact) mass is 374 g/mol. The summed E-state index contributed by atoms with van der Waals surface area (Å²) in [6.07, 6.45) is 1.63. The predicted molar refractivity (Wildman–Crippen MR) is 105 cm³/mol. The van der Waals surface area contributed by atoms with Crippen molar-refractivity contribution in [2.24, 2.45) is 0 Å². The second kappa shape index (κ2) is 9.14. The highest BCUT2D eigenvalue weighted by atomic mass is 16.5. The molecule has 0 saturated heterocycles. The van der Waals surface area contributed by atoms with Gasteiger partial charge in [-0.05, 0) is 26.1 Å². The Morgan fingerprint density at radius 3 is 2.41 bits per heavy atom. The Balaban J connectivity index is 2.81. The number of aromatic nitrogens is 1. The molecule has 7 heteroatoms. The quantitative estimate of drug-likeness (QED) is 0.656. The van der Waals surface area contributed by atoms with E-state index in [1.54, 1.807) is 40.4 Å². The van der Waals surface area contributed by atoms with Crippen LogP contribution in [0.15, 0.2) is 18.7 Å². The van der Waals surface area contributed by atoms with Crippen LogP contribution < -0.4 is 19.5 Å². The van der Waals surface area contributed by atoms with Gasteiger partial charge in [0.25, 0.3) is 0 Å². The van der Waals surface area contributed by atoms with E-state index in [0.29, 0.717) is 35.1 Å². The van der Waals surface area contributed by atoms with Crippen LogP contribution in [0, 0.1) is 0 Å². The van der Waals surface area contributed by atoms with Gasteiger partial charge in [0.15, 0.2) is 11.5 Å². The van der Waals surface area contributed by atoms with Crippen molar-refractivity contribution in [2.75, 3.05) is 35.0 Å². The second-order valence-corrected chi connectivity index (χ2v) is 5.60. The lowest BCUT2D eigenvalue weighted by Crippen LogP contribution is -2.08. The Bertz CT molecular complexity index is 826. The molecule has 1 aromatic carbocycles. The molecule has 2 rings (SSSR count). The number of nitrogens with one attached hydrogen (secondary N) is 2. The van der Waals surface area contributed by atoms with E-state index in [9.17, 15) is 4.79 Å². The molecule has 0 unspecified atom stereocenters. The van der Waals surface area contributed by atoms with Gasteiger partial charge in [-0.15, -0.1) is 0 Å². The standard InChI is InChI=1S/C20H26N2O5/c1-7-12-16(14(11-21-3)22-17(12)20(23)27-8-2)13-9-10-15(24-4)19(26-6)18(13)25-5/h7,9-10,21-22H,1,8,11H2,2-6H3. The molecule has 0 bridgehead atoms. The predicted octanol–water partition coefficient (Wildman–Crippen LogP) is 3.25. The summed E-state index contributed by atoms with van der Waals surface area (Å²) in [5, 5.41) is 3.10. The lowest BCUT2D eigenvalue weighted by atomic mass is 9.98. The number of esters is 1. The fourth-order valence-corrected chi connectivity index (χ4v) is 3.05. The lowest BCUT2D eigenvalue weighted by Gasteiger charge is -2.17. The Morgan fingerprint density at radius 2 is 1.89 bits per heavy atom. The van der Waals surface area contributed by atoms with Crippen LogP contribution >= 0.6 is 0 Å². The molecule has 0 aliphatic rings. The molecule has 27 heavy (non-hydrogen) atoms. The average Bonchev–Trinajstić information content (AvgIpc) is 3.05. The molecule has 0 fully saturated rings. The molecular weight excluding hydrogens is 348 g/mol. The number of H-pyrrole nitrogens is 1. The van der Waals surface area contributed by atoms with Crippen molar-refractivity contribution in [3.63, 3.8) is 0 Å². The summed E-state index contributed by atoms with van der Waals surface area (Å²) < 4.78 is 21.7. The Labute approximate surface area is 159 Å². The van der Waals surface area contributed by atoms with Gasteiger partial charge < -0.3 is 29.2 Å². The van der Waals surface area contributed by atoms with Crippen LogP contribution in [-0.2, 0) is 11.3 Å². The minimum Gasteiger partial charge on any atom is -0.493 e. The summed E-state index contributed by atoms with van der Waals surface area (Å²) in [4.78, 5) is 15.6. The highest BCUT2D eigenvalue weighted by Crippen LogP contribution is 2.46. The fourth-order valence-electron chi connectivity index (χ4n) is 3.05. The molecule has 2 N–H and O–H groups in total. The maximum atomic E-state index is 12.4. The maximum Gasteiger partial charge on any atom is 0.355 e. The van der Waals surface area contributed by atoms with E-state index in [4.69, 9.17) is 18.9 Å². The van der Waals surface area contributed by atoms with Crippen molar-refractivity contribution >= 4 is 12.0 Å². The third kappa shape index (κ3) is 3.78. The Hall–Kier alpha value is -2.93. The topological polar surface area (TPSA) is 81.8 Å².